The van der Waals surface area contributed by atoms with Crippen LogP contribution in [0.1, 0.15) is 53.4 Å². The Morgan fingerprint density at radius 2 is 1.91 bits per heavy atom. The lowest BCUT2D eigenvalue weighted by molar-refractivity contribution is -0.128. The molecule has 1 N–H and O–H groups in total. The van der Waals surface area contributed by atoms with Gasteiger partial charge in [-0.3, -0.25) is 4.79 Å². The maximum Gasteiger partial charge on any atom is 0.410 e. The molecule has 0 radical (unpaired) electrons. The van der Waals surface area contributed by atoms with E-state index in [0.717, 1.165) is 12.8 Å². The third-order valence-electron chi connectivity index (χ3n) is 4.01. The molecule has 0 aromatic carbocycles. The predicted octanol–water partition coefficient (Wildman–Crippen LogP) is 2.69. The third kappa shape index (κ3) is 5.74. The van der Waals surface area contributed by atoms with E-state index < -0.39 is 11.0 Å². The van der Waals surface area contributed by atoms with Crippen molar-refractivity contribution < 1.29 is 14.3 Å². The average Bonchev–Trinajstić information content (AvgIpc) is 2.93. The van der Waals surface area contributed by atoms with Crippen molar-refractivity contribution in [3.05, 3.63) is 0 Å². The number of ether oxygens (including phenoxy) is 1. The van der Waals surface area contributed by atoms with Gasteiger partial charge in [-0.2, -0.15) is 5.26 Å². The van der Waals surface area contributed by atoms with E-state index in [1.807, 2.05) is 27.7 Å². The van der Waals surface area contributed by atoms with Crippen molar-refractivity contribution in [2.45, 2.75) is 59.0 Å². The number of nitrogens with one attached hydrogen (secondary N) is 1. The van der Waals surface area contributed by atoms with Gasteiger partial charge in [-0.05, 0) is 39.5 Å². The summed E-state index contributed by atoms with van der Waals surface area (Å²) >= 11 is 0. The molecule has 1 saturated carbocycles. The van der Waals surface area contributed by atoms with Gasteiger partial charge >= 0.3 is 6.09 Å². The molecule has 6 nitrogen and oxygen atoms in total. The van der Waals surface area contributed by atoms with Crippen LogP contribution in [0.15, 0.2) is 0 Å². The van der Waals surface area contributed by atoms with Gasteiger partial charge in [0.05, 0.1) is 6.07 Å². The van der Waals surface area contributed by atoms with Gasteiger partial charge in [-0.25, -0.2) is 4.79 Å². The first-order valence-corrected chi connectivity index (χ1v) is 8.23. The summed E-state index contributed by atoms with van der Waals surface area (Å²) in [7, 11) is 1.68. The Kier molecular flexibility index (Phi) is 6.43. The topological polar surface area (TPSA) is 82.4 Å². The molecule has 0 aromatic rings. The largest absolute Gasteiger partial charge is 0.444 e. The fourth-order valence-electron chi connectivity index (χ4n) is 2.75. The van der Waals surface area contributed by atoms with E-state index in [1.165, 1.54) is 4.90 Å². The quantitative estimate of drug-likeness (QED) is 0.843. The highest BCUT2D eigenvalue weighted by atomic mass is 16.6. The standard InChI is InChI=1S/C17H29N3O3/c1-13(11-20(5)15(22)23-16(2,3)4)10-19-14(21)17(12-18)8-6-7-9-17/h13H,6-11H2,1-5H3,(H,19,21)/t13-/m1/s1. The molecular formula is C17H29N3O3. The van der Waals surface area contributed by atoms with Crippen LogP contribution in [0.4, 0.5) is 4.79 Å². The summed E-state index contributed by atoms with van der Waals surface area (Å²) in [5.41, 5.74) is -1.37. The van der Waals surface area contributed by atoms with Crippen molar-refractivity contribution in [2.75, 3.05) is 20.1 Å². The van der Waals surface area contributed by atoms with E-state index in [-0.39, 0.29) is 17.9 Å². The average molecular weight is 323 g/mol. The number of nitriles is 1. The fourth-order valence-corrected chi connectivity index (χ4v) is 2.75. The summed E-state index contributed by atoms with van der Waals surface area (Å²) in [6.45, 7) is 8.35. The van der Waals surface area contributed by atoms with Crippen LogP contribution < -0.4 is 5.32 Å². The smallest absolute Gasteiger partial charge is 0.410 e. The molecule has 2 amide bonds. The monoisotopic (exact) mass is 323 g/mol. The summed E-state index contributed by atoms with van der Waals surface area (Å²) in [5, 5.41) is 12.2. The van der Waals surface area contributed by atoms with Gasteiger partial charge in [-0.1, -0.05) is 19.8 Å². The maximum atomic E-state index is 12.3. The highest BCUT2D eigenvalue weighted by Gasteiger charge is 2.41. The lowest BCUT2D eigenvalue weighted by Crippen LogP contribution is -2.43. The second-order valence-corrected chi connectivity index (χ2v) is 7.58. The molecule has 1 aliphatic carbocycles. The highest BCUT2D eigenvalue weighted by Crippen LogP contribution is 2.37. The number of carbonyl (C=O) groups is 2. The molecule has 1 fully saturated rings. The zero-order valence-corrected chi connectivity index (χ0v) is 14.9. The molecular weight excluding hydrogens is 294 g/mol. The van der Waals surface area contributed by atoms with Crippen LogP contribution >= 0.6 is 0 Å². The Morgan fingerprint density at radius 3 is 2.39 bits per heavy atom. The van der Waals surface area contributed by atoms with Crippen molar-refractivity contribution in [2.24, 2.45) is 11.3 Å². The number of hydrogen-bond acceptors (Lipinski definition) is 4. The van der Waals surface area contributed by atoms with Crippen LogP contribution in [-0.4, -0.2) is 42.6 Å². The zero-order valence-electron chi connectivity index (χ0n) is 14.9. The lowest BCUT2D eigenvalue weighted by Gasteiger charge is -2.27. The lowest BCUT2D eigenvalue weighted by atomic mass is 9.87. The molecule has 1 atom stereocenters. The van der Waals surface area contributed by atoms with Gasteiger partial charge in [0.15, 0.2) is 0 Å². The van der Waals surface area contributed by atoms with Crippen molar-refractivity contribution in [3.8, 4) is 6.07 Å². The highest BCUT2D eigenvalue weighted by molar-refractivity contribution is 5.85. The normalized spacial score (nSPS) is 17.9. The Balaban J connectivity index is 2.42. The van der Waals surface area contributed by atoms with Gasteiger partial charge in [0.1, 0.15) is 11.0 Å². The minimum atomic E-state index is -0.850. The number of carbonyl (C=O) groups excluding carboxylic acids is 2. The maximum absolute atomic E-state index is 12.3. The minimum Gasteiger partial charge on any atom is -0.444 e. The molecule has 23 heavy (non-hydrogen) atoms. The summed E-state index contributed by atoms with van der Waals surface area (Å²) in [6.07, 6.45) is 2.76. The van der Waals surface area contributed by atoms with E-state index in [2.05, 4.69) is 11.4 Å². The molecule has 0 bridgehead atoms. The van der Waals surface area contributed by atoms with Crippen LogP contribution in [0.3, 0.4) is 0 Å². The van der Waals surface area contributed by atoms with E-state index in [1.54, 1.807) is 7.05 Å². The predicted molar refractivity (Wildman–Crippen MR) is 87.6 cm³/mol. The van der Waals surface area contributed by atoms with Crippen LogP contribution in [0.25, 0.3) is 0 Å². The Labute approximate surface area is 139 Å². The molecule has 0 heterocycles. The number of hydrogen-bond donors (Lipinski definition) is 1. The summed E-state index contributed by atoms with van der Waals surface area (Å²) in [6, 6.07) is 2.19. The minimum absolute atomic E-state index is 0.0774. The van der Waals surface area contributed by atoms with Crippen molar-refractivity contribution in [3.63, 3.8) is 0 Å². The first-order valence-electron chi connectivity index (χ1n) is 8.23. The summed E-state index contributed by atoms with van der Waals surface area (Å²) in [4.78, 5) is 25.7. The fraction of sp³-hybridized carbons (Fsp3) is 0.824. The summed E-state index contributed by atoms with van der Waals surface area (Å²) < 4.78 is 5.30. The van der Waals surface area contributed by atoms with Gasteiger partial charge in [0.2, 0.25) is 5.91 Å². The van der Waals surface area contributed by atoms with Gasteiger partial charge in [0.25, 0.3) is 0 Å². The van der Waals surface area contributed by atoms with Crippen molar-refractivity contribution in [1.29, 1.82) is 5.26 Å². The molecule has 6 heteroatoms. The Hall–Kier alpha value is -1.77. The van der Waals surface area contributed by atoms with Gasteiger partial charge in [0, 0.05) is 20.1 Å². The second kappa shape index (κ2) is 7.67. The number of nitrogens with zero attached hydrogens (tertiary/aromatic N) is 2. The zero-order chi connectivity index (χ0) is 17.7. The van der Waals surface area contributed by atoms with Crippen LogP contribution in [0, 0.1) is 22.7 Å². The number of rotatable bonds is 5. The molecule has 1 rings (SSSR count). The molecule has 0 aliphatic heterocycles. The van der Waals surface area contributed by atoms with Crippen molar-refractivity contribution in [1.82, 2.24) is 10.2 Å². The summed E-state index contributed by atoms with van der Waals surface area (Å²) in [5.74, 6) is -0.0992. The van der Waals surface area contributed by atoms with Gasteiger partial charge in [-0.15, -0.1) is 0 Å². The Morgan fingerprint density at radius 1 is 1.35 bits per heavy atom. The van der Waals surface area contributed by atoms with E-state index in [9.17, 15) is 14.9 Å². The van der Waals surface area contributed by atoms with E-state index in [4.69, 9.17) is 4.74 Å². The first-order chi connectivity index (χ1) is 10.6. The van der Waals surface area contributed by atoms with Crippen LogP contribution in [0.5, 0.6) is 0 Å². The van der Waals surface area contributed by atoms with E-state index >= 15 is 0 Å². The third-order valence-corrected chi connectivity index (χ3v) is 4.01. The first kappa shape index (κ1) is 19.3. The molecule has 1 aliphatic rings. The second-order valence-electron chi connectivity index (χ2n) is 7.58. The van der Waals surface area contributed by atoms with Crippen molar-refractivity contribution >= 4 is 12.0 Å². The Bertz CT molecular complexity index is 470. The van der Waals surface area contributed by atoms with Gasteiger partial charge < -0.3 is 15.0 Å². The molecule has 0 unspecified atom stereocenters. The SMILES string of the molecule is C[C@H](CNC(=O)C1(C#N)CCCC1)CN(C)C(=O)OC(C)(C)C. The molecule has 0 saturated heterocycles. The molecule has 0 aromatic heterocycles. The molecule has 130 valence electrons. The van der Waals surface area contributed by atoms with Crippen LogP contribution in [-0.2, 0) is 9.53 Å². The van der Waals surface area contributed by atoms with E-state index in [0.29, 0.717) is 25.9 Å². The molecule has 0 spiro atoms. The number of amides is 2. The van der Waals surface area contributed by atoms with Crippen LogP contribution in [0.2, 0.25) is 0 Å².